The van der Waals surface area contributed by atoms with Crippen molar-refractivity contribution < 1.29 is 9.47 Å². The first kappa shape index (κ1) is 11.6. The van der Waals surface area contributed by atoms with Gasteiger partial charge in [0.25, 0.3) is 0 Å². The number of rotatable bonds is 3. The average molecular weight is 251 g/mol. The molecule has 1 heterocycles. The van der Waals surface area contributed by atoms with Crippen molar-refractivity contribution in [2.24, 2.45) is 0 Å². The Bertz CT molecular complexity index is 606. The summed E-state index contributed by atoms with van der Waals surface area (Å²) in [6.07, 6.45) is 0.914. The molecule has 0 aromatic heterocycles. The minimum Gasteiger partial charge on any atom is -0.490 e. The highest BCUT2D eigenvalue weighted by atomic mass is 16.5. The van der Waals surface area contributed by atoms with Crippen molar-refractivity contribution in [2.75, 3.05) is 6.61 Å². The van der Waals surface area contributed by atoms with E-state index in [1.807, 2.05) is 30.3 Å². The van der Waals surface area contributed by atoms with Crippen LogP contribution in [0.4, 0.5) is 0 Å². The van der Waals surface area contributed by atoms with Gasteiger partial charge in [-0.1, -0.05) is 24.3 Å². The zero-order chi connectivity index (χ0) is 13.1. The fraction of sp³-hybridized carbons (Fsp3) is 0.188. The van der Waals surface area contributed by atoms with Crippen LogP contribution in [0.5, 0.6) is 11.5 Å². The smallest absolute Gasteiger partial charge is 0.137 e. The first-order valence-corrected chi connectivity index (χ1v) is 6.22. The molecule has 0 spiro atoms. The quantitative estimate of drug-likeness (QED) is 0.842. The van der Waals surface area contributed by atoms with Crippen molar-refractivity contribution >= 4 is 0 Å². The summed E-state index contributed by atoms with van der Waals surface area (Å²) in [5.74, 6) is 1.65. The van der Waals surface area contributed by atoms with Crippen LogP contribution in [-0.4, -0.2) is 12.7 Å². The third-order valence-electron chi connectivity index (χ3n) is 3.11. The second-order valence-corrected chi connectivity index (χ2v) is 4.50. The maximum Gasteiger partial charge on any atom is 0.137 e. The maximum absolute atomic E-state index is 8.83. The predicted octanol–water partition coefficient (Wildman–Crippen LogP) is 2.94. The van der Waals surface area contributed by atoms with Crippen LogP contribution < -0.4 is 9.47 Å². The van der Waals surface area contributed by atoms with Crippen LogP contribution in [0, 0.1) is 11.3 Å². The second-order valence-electron chi connectivity index (χ2n) is 4.50. The van der Waals surface area contributed by atoms with E-state index in [2.05, 4.69) is 12.1 Å². The number of fused-ring (bicyclic) bond motifs is 1. The molecule has 2 aromatic carbocycles. The van der Waals surface area contributed by atoms with Crippen molar-refractivity contribution in [2.45, 2.75) is 12.5 Å². The Balaban J connectivity index is 1.61. The zero-order valence-corrected chi connectivity index (χ0v) is 10.4. The van der Waals surface area contributed by atoms with Crippen LogP contribution in [0.25, 0.3) is 0 Å². The van der Waals surface area contributed by atoms with E-state index in [4.69, 9.17) is 14.7 Å². The van der Waals surface area contributed by atoms with Gasteiger partial charge in [-0.25, -0.2) is 0 Å². The molecule has 3 nitrogen and oxygen atoms in total. The number of ether oxygens (including phenoxy) is 2. The maximum atomic E-state index is 8.83. The molecule has 1 atom stereocenters. The molecule has 0 saturated heterocycles. The van der Waals surface area contributed by atoms with Gasteiger partial charge in [0.1, 0.15) is 24.2 Å². The molecular weight excluding hydrogens is 238 g/mol. The molecule has 0 N–H and O–H groups in total. The largest absolute Gasteiger partial charge is 0.490 e. The van der Waals surface area contributed by atoms with Crippen LogP contribution in [0.15, 0.2) is 48.5 Å². The van der Waals surface area contributed by atoms with Gasteiger partial charge in [-0.05, 0) is 29.8 Å². The van der Waals surface area contributed by atoms with Crippen LogP contribution >= 0.6 is 0 Å². The Kier molecular flexibility index (Phi) is 3.07. The van der Waals surface area contributed by atoms with Gasteiger partial charge in [-0.3, -0.25) is 0 Å². The molecule has 19 heavy (non-hydrogen) atoms. The third kappa shape index (κ3) is 2.53. The number of nitrogens with zero attached hydrogens (tertiary/aromatic N) is 1. The number of para-hydroxylation sites is 1. The van der Waals surface area contributed by atoms with Gasteiger partial charge in [0.05, 0.1) is 11.6 Å². The summed E-state index contributed by atoms with van der Waals surface area (Å²) in [5.41, 5.74) is 1.83. The normalized spacial score (nSPS) is 16.3. The summed E-state index contributed by atoms with van der Waals surface area (Å²) in [5, 5.41) is 8.83. The van der Waals surface area contributed by atoms with Crippen LogP contribution in [0.2, 0.25) is 0 Å². The van der Waals surface area contributed by atoms with E-state index in [1.165, 1.54) is 5.56 Å². The van der Waals surface area contributed by atoms with Crippen molar-refractivity contribution in [3.8, 4) is 17.6 Å². The molecule has 1 aliphatic heterocycles. The number of hydrogen-bond acceptors (Lipinski definition) is 3. The number of nitriles is 1. The van der Waals surface area contributed by atoms with Gasteiger partial charge in [-0.2, -0.15) is 5.26 Å². The van der Waals surface area contributed by atoms with E-state index >= 15 is 0 Å². The van der Waals surface area contributed by atoms with Gasteiger partial charge in [0.2, 0.25) is 0 Å². The van der Waals surface area contributed by atoms with Gasteiger partial charge in [0.15, 0.2) is 0 Å². The van der Waals surface area contributed by atoms with Crippen LogP contribution in [0.1, 0.15) is 11.1 Å². The highest BCUT2D eigenvalue weighted by Gasteiger charge is 2.22. The lowest BCUT2D eigenvalue weighted by Crippen LogP contribution is -2.22. The summed E-state index contributed by atoms with van der Waals surface area (Å²) in [7, 11) is 0. The Morgan fingerprint density at radius 1 is 1.21 bits per heavy atom. The molecule has 94 valence electrons. The van der Waals surface area contributed by atoms with Gasteiger partial charge in [-0.15, -0.1) is 0 Å². The molecule has 0 aliphatic carbocycles. The molecule has 0 radical (unpaired) electrons. The number of benzene rings is 2. The van der Waals surface area contributed by atoms with E-state index < -0.39 is 0 Å². The first-order valence-electron chi connectivity index (χ1n) is 6.22. The van der Waals surface area contributed by atoms with Crippen molar-refractivity contribution in [3.63, 3.8) is 0 Å². The molecule has 3 rings (SSSR count). The lowest BCUT2D eigenvalue weighted by molar-refractivity contribution is 0.148. The average Bonchev–Trinajstić information content (AvgIpc) is 2.88. The summed E-state index contributed by atoms with van der Waals surface area (Å²) in [6, 6.07) is 17.3. The fourth-order valence-corrected chi connectivity index (χ4v) is 2.19. The predicted molar refractivity (Wildman–Crippen MR) is 71.2 cm³/mol. The van der Waals surface area contributed by atoms with Crippen LogP contribution in [0.3, 0.4) is 0 Å². The van der Waals surface area contributed by atoms with Gasteiger partial charge >= 0.3 is 0 Å². The van der Waals surface area contributed by atoms with E-state index in [0.29, 0.717) is 17.9 Å². The van der Waals surface area contributed by atoms with Crippen molar-refractivity contribution in [3.05, 3.63) is 59.7 Å². The summed E-state index contributed by atoms with van der Waals surface area (Å²) in [4.78, 5) is 0. The standard InChI is InChI=1S/C16H13NO2/c17-10-12-4-3-6-14(8-12)18-11-15-9-13-5-1-2-7-16(13)19-15/h1-8,15H,9,11H2. The summed E-state index contributed by atoms with van der Waals surface area (Å²) in [6.45, 7) is 0.490. The van der Waals surface area contributed by atoms with Crippen molar-refractivity contribution in [1.82, 2.24) is 0 Å². The highest BCUT2D eigenvalue weighted by molar-refractivity contribution is 5.38. The molecule has 1 unspecified atom stereocenters. The van der Waals surface area contributed by atoms with E-state index in [1.54, 1.807) is 12.1 Å². The first-order chi connectivity index (χ1) is 9.35. The molecule has 0 bridgehead atoms. The summed E-state index contributed by atoms with van der Waals surface area (Å²) < 4.78 is 11.5. The Morgan fingerprint density at radius 2 is 2.11 bits per heavy atom. The summed E-state index contributed by atoms with van der Waals surface area (Å²) >= 11 is 0. The van der Waals surface area contributed by atoms with E-state index in [9.17, 15) is 0 Å². The van der Waals surface area contributed by atoms with Crippen molar-refractivity contribution in [1.29, 1.82) is 5.26 Å². The fourth-order valence-electron chi connectivity index (χ4n) is 2.19. The molecule has 2 aromatic rings. The minimum absolute atomic E-state index is 0.0446. The number of hydrogen-bond donors (Lipinski definition) is 0. The monoisotopic (exact) mass is 251 g/mol. The molecule has 0 saturated carbocycles. The van der Waals surface area contributed by atoms with E-state index in [0.717, 1.165) is 12.2 Å². The second kappa shape index (κ2) is 5.03. The molecule has 0 amide bonds. The van der Waals surface area contributed by atoms with Crippen LogP contribution in [-0.2, 0) is 6.42 Å². The molecular formula is C16H13NO2. The topological polar surface area (TPSA) is 42.2 Å². The zero-order valence-electron chi connectivity index (χ0n) is 10.4. The molecule has 3 heteroatoms. The minimum atomic E-state index is 0.0446. The SMILES string of the molecule is N#Cc1cccc(OCC2Cc3ccccc3O2)c1. The lowest BCUT2D eigenvalue weighted by Gasteiger charge is -2.12. The Hall–Kier alpha value is -2.47. The third-order valence-corrected chi connectivity index (χ3v) is 3.11. The van der Waals surface area contributed by atoms with Gasteiger partial charge in [0, 0.05) is 6.42 Å². The Labute approximate surface area is 112 Å². The Morgan fingerprint density at radius 3 is 2.95 bits per heavy atom. The molecule has 0 fully saturated rings. The van der Waals surface area contributed by atoms with E-state index in [-0.39, 0.29) is 6.10 Å². The lowest BCUT2D eigenvalue weighted by atomic mass is 10.1. The highest BCUT2D eigenvalue weighted by Crippen LogP contribution is 2.28. The molecule has 1 aliphatic rings. The van der Waals surface area contributed by atoms with Gasteiger partial charge < -0.3 is 9.47 Å².